The van der Waals surface area contributed by atoms with E-state index in [4.69, 9.17) is 4.42 Å². The van der Waals surface area contributed by atoms with Crippen molar-refractivity contribution in [2.45, 2.75) is 25.4 Å². The van der Waals surface area contributed by atoms with E-state index >= 15 is 0 Å². The highest BCUT2D eigenvalue weighted by molar-refractivity contribution is 5.61. The van der Waals surface area contributed by atoms with Crippen LogP contribution in [-0.2, 0) is 6.54 Å². The van der Waals surface area contributed by atoms with Gasteiger partial charge in [-0.3, -0.25) is 0 Å². The molecule has 3 aromatic rings. The molecule has 0 radical (unpaired) electrons. The molecule has 0 aliphatic heterocycles. The number of aromatic nitrogens is 2. The maximum atomic E-state index is 5.35. The maximum absolute atomic E-state index is 5.35. The van der Waals surface area contributed by atoms with Gasteiger partial charge in [0.15, 0.2) is 5.82 Å². The van der Waals surface area contributed by atoms with E-state index in [0.29, 0.717) is 12.6 Å². The largest absolute Gasteiger partial charge is 0.467 e. The smallest absolute Gasteiger partial charge is 0.163 e. The van der Waals surface area contributed by atoms with E-state index in [1.165, 1.54) is 12.8 Å². The number of hydrogen-bond donors (Lipinski definition) is 2. The molecule has 0 spiro atoms. The van der Waals surface area contributed by atoms with Crippen LogP contribution >= 0.6 is 0 Å². The molecular formula is C18H18N4O. The lowest BCUT2D eigenvalue weighted by Crippen LogP contribution is -2.08. The molecule has 5 heteroatoms. The van der Waals surface area contributed by atoms with Crippen LogP contribution in [0.15, 0.2) is 59.2 Å². The van der Waals surface area contributed by atoms with Crippen molar-refractivity contribution in [2.24, 2.45) is 0 Å². The van der Waals surface area contributed by atoms with Gasteiger partial charge in [0, 0.05) is 17.7 Å². The summed E-state index contributed by atoms with van der Waals surface area (Å²) in [6.45, 7) is 0.598. The molecule has 0 bridgehead atoms. The summed E-state index contributed by atoms with van der Waals surface area (Å²) in [6.07, 6.45) is 4.09. The van der Waals surface area contributed by atoms with Crippen LogP contribution in [0.5, 0.6) is 0 Å². The second-order valence-electron chi connectivity index (χ2n) is 5.68. The number of benzene rings is 1. The molecule has 23 heavy (non-hydrogen) atoms. The van der Waals surface area contributed by atoms with Gasteiger partial charge in [0.2, 0.25) is 0 Å². The third-order valence-electron chi connectivity index (χ3n) is 3.71. The van der Waals surface area contributed by atoms with E-state index in [2.05, 4.69) is 20.6 Å². The molecule has 1 saturated carbocycles. The van der Waals surface area contributed by atoms with Crippen molar-refractivity contribution in [3.8, 4) is 11.4 Å². The number of anilines is 2. The van der Waals surface area contributed by atoms with Gasteiger partial charge in [0.1, 0.15) is 17.4 Å². The standard InChI is InChI=1S/C18H18N4O/c1-2-5-13(6-3-1)18-21-16(19-12-15-7-4-10-23-15)11-17(22-18)20-14-8-9-14/h1-7,10-11,14H,8-9,12H2,(H2,19,20,21,22). The van der Waals surface area contributed by atoms with Gasteiger partial charge in [-0.2, -0.15) is 0 Å². The summed E-state index contributed by atoms with van der Waals surface area (Å²) in [4.78, 5) is 9.27. The van der Waals surface area contributed by atoms with Crippen LogP contribution in [0, 0.1) is 0 Å². The van der Waals surface area contributed by atoms with Crippen LogP contribution < -0.4 is 10.6 Å². The zero-order valence-corrected chi connectivity index (χ0v) is 12.7. The number of nitrogens with zero attached hydrogens (tertiary/aromatic N) is 2. The van der Waals surface area contributed by atoms with Gasteiger partial charge in [-0.05, 0) is 25.0 Å². The van der Waals surface area contributed by atoms with E-state index in [0.717, 1.165) is 28.8 Å². The molecule has 1 aromatic carbocycles. The van der Waals surface area contributed by atoms with Crippen LogP contribution in [0.1, 0.15) is 18.6 Å². The fourth-order valence-corrected chi connectivity index (χ4v) is 2.36. The van der Waals surface area contributed by atoms with E-state index in [9.17, 15) is 0 Å². The lowest BCUT2D eigenvalue weighted by molar-refractivity contribution is 0.518. The Labute approximate surface area is 134 Å². The number of nitrogens with one attached hydrogen (secondary N) is 2. The molecule has 2 N–H and O–H groups in total. The highest BCUT2D eigenvalue weighted by atomic mass is 16.3. The summed E-state index contributed by atoms with van der Waals surface area (Å²) in [5.74, 6) is 3.25. The molecule has 5 nitrogen and oxygen atoms in total. The SMILES string of the molecule is c1ccc(-c2nc(NCc3ccco3)cc(NC3CC3)n2)cc1. The molecule has 2 aromatic heterocycles. The summed E-state index contributed by atoms with van der Waals surface area (Å²) in [5, 5.41) is 6.75. The summed E-state index contributed by atoms with van der Waals surface area (Å²) >= 11 is 0. The predicted octanol–water partition coefficient (Wildman–Crippen LogP) is 3.92. The molecule has 0 amide bonds. The zero-order valence-electron chi connectivity index (χ0n) is 12.7. The normalized spacial score (nSPS) is 13.7. The van der Waals surface area contributed by atoms with Gasteiger partial charge < -0.3 is 15.1 Å². The summed E-state index contributed by atoms with van der Waals surface area (Å²) < 4.78 is 5.35. The van der Waals surface area contributed by atoms with Crippen LogP contribution in [-0.4, -0.2) is 16.0 Å². The Morgan fingerprint density at radius 3 is 2.57 bits per heavy atom. The highest BCUT2D eigenvalue weighted by Crippen LogP contribution is 2.26. The van der Waals surface area contributed by atoms with Gasteiger partial charge in [-0.15, -0.1) is 0 Å². The average Bonchev–Trinajstić information content (AvgIpc) is 3.25. The summed E-state index contributed by atoms with van der Waals surface area (Å²) in [5.41, 5.74) is 1.01. The third kappa shape index (κ3) is 3.51. The topological polar surface area (TPSA) is 63.0 Å². The fourth-order valence-electron chi connectivity index (χ4n) is 2.36. The molecule has 0 saturated heterocycles. The van der Waals surface area contributed by atoms with Gasteiger partial charge in [0.05, 0.1) is 12.8 Å². The molecule has 0 unspecified atom stereocenters. The van der Waals surface area contributed by atoms with Gasteiger partial charge in [0.25, 0.3) is 0 Å². The number of hydrogen-bond acceptors (Lipinski definition) is 5. The van der Waals surface area contributed by atoms with Crippen molar-refractivity contribution in [3.05, 3.63) is 60.6 Å². The second kappa shape index (κ2) is 6.12. The minimum Gasteiger partial charge on any atom is -0.467 e. The van der Waals surface area contributed by atoms with Crippen LogP contribution in [0.2, 0.25) is 0 Å². The minimum atomic E-state index is 0.548. The summed E-state index contributed by atoms with van der Waals surface area (Å²) in [7, 11) is 0. The maximum Gasteiger partial charge on any atom is 0.163 e. The predicted molar refractivity (Wildman–Crippen MR) is 90.1 cm³/mol. The second-order valence-corrected chi connectivity index (χ2v) is 5.68. The third-order valence-corrected chi connectivity index (χ3v) is 3.71. The molecule has 2 heterocycles. The van der Waals surface area contributed by atoms with Crippen LogP contribution in [0.3, 0.4) is 0 Å². The number of furan rings is 1. The van der Waals surface area contributed by atoms with Crippen molar-refractivity contribution in [3.63, 3.8) is 0 Å². The van der Waals surface area contributed by atoms with E-state index in [1.54, 1.807) is 6.26 Å². The first kappa shape index (κ1) is 13.8. The first-order chi connectivity index (χ1) is 11.4. The monoisotopic (exact) mass is 306 g/mol. The zero-order chi connectivity index (χ0) is 15.5. The first-order valence-electron chi connectivity index (χ1n) is 7.84. The van der Waals surface area contributed by atoms with E-state index in [-0.39, 0.29) is 0 Å². The van der Waals surface area contributed by atoms with E-state index < -0.39 is 0 Å². The lowest BCUT2D eigenvalue weighted by Gasteiger charge is -2.10. The fraction of sp³-hybridized carbons (Fsp3) is 0.222. The molecule has 1 aliphatic rings. The molecule has 4 rings (SSSR count). The van der Waals surface area contributed by atoms with Gasteiger partial charge in [-0.25, -0.2) is 9.97 Å². The van der Waals surface area contributed by atoms with Gasteiger partial charge >= 0.3 is 0 Å². The van der Waals surface area contributed by atoms with Crippen molar-refractivity contribution in [1.82, 2.24) is 9.97 Å². The van der Waals surface area contributed by atoms with Crippen molar-refractivity contribution in [2.75, 3.05) is 10.6 Å². The molecule has 1 aliphatic carbocycles. The first-order valence-corrected chi connectivity index (χ1v) is 7.84. The van der Waals surface area contributed by atoms with E-state index in [1.807, 2.05) is 48.5 Å². The number of rotatable bonds is 6. The molecular weight excluding hydrogens is 288 g/mol. The summed E-state index contributed by atoms with van der Waals surface area (Å²) in [6, 6.07) is 16.3. The van der Waals surface area contributed by atoms with Crippen LogP contribution in [0.4, 0.5) is 11.6 Å². The average molecular weight is 306 g/mol. The minimum absolute atomic E-state index is 0.548. The van der Waals surface area contributed by atoms with Gasteiger partial charge in [-0.1, -0.05) is 30.3 Å². The molecule has 1 fully saturated rings. The van der Waals surface area contributed by atoms with Crippen LogP contribution in [0.25, 0.3) is 11.4 Å². The Morgan fingerprint density at radius 1 is 1.00 bits per heavy atom. The Hall–Kier alpha value is -2.82. The Morgan fingerprint density at radius 2 is 1.83 bits per heavy atom. The Kier molecular flexibility index (Phi) is 3.68. The lowest BCUT2D eigenvalue weighted by atomic mass is 10.2. The highest BCUT2D eigenvalue weighted by Gasteiger charge is 2.22. The Balaban J connectivity index is 1.61. The quantitative estimate of drug-likeness (QED) is 0.722. The van der Waals surface area contributed by atoms with Crippen molar-refractivity contribution >= 4 is 11.6 Å². The van der Waals surface area contributed by atoms with Crippen molar-refractivity contribution < 1.29 is 4.42 Å². The molecule has 116 valence electrons. The molecule has 0 atom stereocenters. The van der Waals surface area contributed by atoms with Crippen molar-refractivity contribution in [1.29, 1.82) is 0 Å². The Bertz CT molecular complexity index is 767.